The molecule has 1 heterocycles. The van der Waals surface area contributed by atoms with Crippen molar-refractivity contribution in [2.75, 3.05) is 24.7 Å². The maximum atomic E-state index is 13.1. The molecule has 0 saturated carbocycles. The van der Waals surface area contributed by atoms with E-state index in [0.717, 1.165) is 43.0 Å². The number of hydrogen-bond donors (Lipinski definition) is 0. The highest BCUT2D eigenvalue weighted by molar-refractivity contribution is 6.06. The van der Waals surface area contributed by atoms with Gasteiger partial charge in [-0.2, -0.15) is 0 Å². The maximum Gasteiger partial charge on any atom is 0.258 e. The minimum absolute atomic E-state index is 0.0401. The van der Waals surface area contributed by atoms with E-state index in [1.54, 1.807) is 0 Å². The third-order valence-corrected chi connectivity index (χ3v) is 5.07. The van der Waals surface area contributed by atoms with Crippen LogP contribution in [0.3, 0.4) is 0 Å². The van der Waals surface area contributed by atoms with Crippen molar-refractivity contribution in [2.45, 2.75) is 19.3 Å². The number of amides is 1. The lowest BCUT2D eigenvalue weighted by molar-refractivity contribution is 0.0987. The zero-order valence-corrected chi connectivity index (χ0v) is 16.4. The van der Waals surface area contributed by atoms with Gasteiger partial charge in [0.2, 0.25) is 0 Å². The lowest BCUT2D eigenvalue weighted by atomic mass is 10.1. The van der Waals surface area contributed by atoms with Crippen LogP contribution in [0.15, 0.2) is 78.9 Å². The Morgan fingerprint density at radius 1 is 0.759 bits per heavy atom. The van der Waals surface area contributed by atoms with Crippen LogP contribution in [0.25, 0.3) is 0 Å². The van der Waals surface area contributed by atoms with E-state index >= 15 is 0 Å². The van der Waals surface area contributed by atoms with Crippen LogP contribution in [0.4, 0.5) is 5.69 Å². The van der Waals surface area contributed by atoms with Gasteiger partial charge in [0.25, 0.3) is 5.91 Å². The first-order chi connectivity index (χ1) is 14.3. The first-order valence-corrected chi connectivity index (χ1v) is 10.1. The average molecular weight is 387 g/mol. The number of benzene rings is 3. The topological polar surface area (TPSA) is 38.8 Å². The SMILES string of the molecule is O=C(c1ccc(OCCOc2ccccc2)cc1)N1CCCCc2ccccc21. The summed E-state index contributed by atoms with van der Waals surface area (Å²) in [5, 5.41) is 0. The number of fused-ring (bicyclic) bond motifs is 1. The molecule has 148 valence electrons. The van der Waals surface area contributed by atoms with Gasteiger partial charge in [0.1, 0.15) is 24.7 Å². The lowest BCUT2D eigenvalue weighted by Gasteiger charge is -2.23. The molecule has 3 aromatic rings. The molecule has 0 aromatic heterocycles. The minimum Gasteiger partial charge on any atom is -0.490 e. The van der Waals surface area contributed by atoms with Gasteiger partial charge in [-0.3, -0.25) is 4.79 Å². The van der Waals surface area contributed by atoms with Crippen LogP contribution in [0.5, 0.6) is 11.5 Å². The van der Waals surface area contributed by atoms with Crippen molar-refractivity contribution >= 4 is 11.6 Å². The van der Waals surface area contributed by atoms with Crippen molar-refractivity contribution in [3.63, 3.8) is 0 Å². The number of carbonyl (C=O) groups is 1. The van der Waals surface area contributed by atoms with Crippen LogP contribution in [0.2, 0.25) is 0 Å². The fraction of sp³-hybridized carbons (Fsp3) is 0.240. The molecule has 0 N–H and O–H groups in total. The van der Waals surface area contributed by atoms with E-state index in [1.165, 1.54) is 5.56 Å². The Labute approximate surface area is 171 Å². The number of aryl methyl sites for hydroxylation is 1. The van der Waals surface area contributed by atoms with Crippen LogP contribution >= 0.6 is 0 Å². The molecule has 4 rings (SSSR count). The second kappa shape index (κ2) is 9.28. The Bertz CT molecular complexity index is 938. The molecule has 1 amide bonds. The molecule has 1 aliphatic rings. The molecule has 4 nitrogen and oxygen atoms in total. The molecule has 0 spiro atoms. The maximum absolute atomic E-state index is 13.1. The molecule has 0 bridgehead atoms. The van der Waals surface area contributed by atoms with Crippen molar-refractivity contribution in [1.29, 1.82) is 0 Å². The molecule has 4 heteroatoms. The number of rotatable bonds is 6. The van der Waals surface area contributed by atoms with Gasteiger partial charge in [-0.25, -0.2) is 0 Å². The van der Waals surface area contributed by atoms with Crippen LogP contribution in [-0.2, 0) is 6.42 Å². The van der Waals surface area contributed by atoms with Crippen molar-refractivity contribution in [2.24, 2.45) is 0 Å². The molecule has 0 fully saturated rings. The predicted molar refractivity (Wildman–Crippen MR) is 115 cm³/mol. The summed E-state index contributed by atoms with van der Waals surface area (Å²) in [6.45, 7) is 1.67. The van der Waals surface area contributed by atoms with Crippen LogP contribution in [-0.4, -0.2) is 25.7 Å². The van der Waals surface area contributed by atoms with Gasteiger partial charge < -0.3 is 14.4 Å². The highest BCUT2D eigenvalue weighted by Crippen LogP contribution is 2.27. The van der Waals surface area contributed by atoms with E-state index in [2.05, 4.69) is 6.07 Å². The van der Waals surface area contributed by atoms with E-state index in [1.807, 2.05) is 77.7 Å². The number of nitrogens with zero attached hydrogens (tertiary/aromatic N) is 1. The largest absolute Gasteiger partial charge is 0.490 e. The van der Waals surface area contributed by atoms with Crippen LogP contribution < -0.4 is 14.4 Å². The fourth-order valence-electron chi connectivity index (χ4n) is 3.59. The quantitative estimate of drug-likeness (QED) is 0.551. The fourth-order valence-corrected chi connectivity index (χ4v) is 3.59. The number of para-hydroxylation sites is 2. The number of hydrogen-bond acceptors (Lipinski definition) is 3. The van der Waals surface area contributed by atoms with Gasteiger partial charge in [-0.1, -0.05) is 36.4 Å². The van der Waals surface area contributed by atoms with Crippen molar-refractivity contribution < 1.29 is 14.3 Å². The molecule has 29 heavy (non-hydrogen) atoms. The zero-order valence-electron chi connectivity index (χ0n) is 16.4. The Morgan fingerprint density at radius 2 is 1.41 bits per heavy atom. The van der Waals surface area contributed by atoms with Gasteiger partial charge in [0.15, 0.2) is 0 Å². The second-order valence-corrected chi connectivity index (χ2v) is 7.08. The predicted octanol–water partition coefficient (Wildman–Crippen LogP) is 5.13. The molecule has 0 saturated heterocycles. The third kappa shape index (κ3) is 4.77. The van der Waals surface area contributed by atoms with Crippen molar-refractivity contribution in [1.82, 2.24) is 0 Å². The molecule has 0 atom stereocenters. The molecular weight excluding hydrogens is 362 g/mol. The number of anilines is 1. The van der Waals surface area contributed by atoms with Crippen LogP contribution in [0, 0.1) is 0 Å². The highest BCUT2D eigenvalue weighted by Gasteiger charge is 2.22. The summed E-state index contributed by atoms with van der Waals surface area (Å²) < 4.78 is 11.4. The summed E-state index contributed by atoms with van der Waals surface area (Å²) >= 11 is 0. The first-order valence-electron chi connectivity index (χ1n) is 10.1. The average Bonchev–Trinajstić information content (AvgIpc) is 3.00. The van der Waals surface area contributed by atoms with Gasteiger partial charge in [-0.15, -0.1) is 0 Å². The Hall–Kier alpha value is -3.27. The Morgan fingerprint density at radius 3 is 2.17 bits per heavy atom. The van der Waals surface area contributed by atoms with E-state index in [-0.39, 0.29) is 5.91 Å². The van der Waals surface area contributed by atoms with Gasteiger partial charge in [0.05, 0.1) is 0 Å². The third-order valence-electron chi connectivity index (χ3n) is 5.07. The normalized spacial score (nSPS) is 13.3. The molecule has 0 radical (unpaired) electrons. The Kier molecular flexibility index (Phi) is 6.10. The zero-order chi connectivity index (χ0) is 19.9. The molecule has 3 aromatic carbocycles. The van der Waals surface area contributed by atoms with E-state index < -0.39 is 0 Å². The lowest BCUT2D eigenvalue weighted by Crippen LogP contribution is -2.31. The summed E-state index contributed by atoms with van der Waals surface area (Å²) in [6, 6.07) is 25.2. The summed E-state index contributed by atoms with van der Waals surface area (Å²) in [6.07, 6.45) is 3.15. The van der Waals surface area contributed by atoms with Gasteiger partial charge in [0, 0.05) is 17.8 Å². The van der Waals surface area contributed by atoms with Gasteiger partial charge >= 0.3 is 0 Å². The molecular formula is C25H25NO3. The standard InChI is InChI=1S/C25H25NO3/c27-25(26-17-7-6-9-20-8-4-5-12-24(20)26)21-13-15-23(16-14-21)29-19-18-28-22-10-2-1-3-11-22/h1-5,8,10-16H,6-7,9,17-19H2. The molecule has 1 aliphatic heterocycles. The minimum atomic E-state index is 0.0401. The van der Waals surface area contributed by atoms with E-state index in [9.17, 15) is 4.79 Å². The van der Waals surface area contributed by atoms with Crippen LogP contribution in [0.1, 0.15) is 28.8 Å². The summed E-state index contributed by atoms with van der Waals surface area (Å²) in [4.78, 5) is 15.0. The van der Waals surface area contributed by atoms with E-state index in [4.69, 9.17) is 9.47 Å². The monoisotopic (exact) mass is 387 g/mol. The molecule has 0 aliphatic carbocycles. The van der Waals surface area contributed by atoms with E-state index in [0.29, 0.717) is 18.8 Å². The highest BCUT2D eigenvalue weighted by atomic mass is 16.5. The van der Waals surface area contributed by atoms with Gasteiger partial charge in [-0.05, 0) is 67.3 Å². The second-order valence-electron chi connectivity index (χ2n) is 7.08. The van der Waals surface area contributed by atoms with Crippen molar-refractivity contribution in [3.8, 4) is 11.5 Å². The summed E-state index contributed by atoms with van der Waals surface area (Å²) in [5.74, 6) is 1.60. The number of carbonyl (C=O) groups excluding carboxylic acids is 1. The summed E-state index contributed by atoms with van der Waals surface area (Å²) in [5.41, 5.74) is 2.96. The smallest absolute Gasteiger partial charge is 0.258 e. The number of ether oxygens (including phenoxy) is 2. The Balaban J connectivity index is 1.36. The first kappa shape index (κ1) is 19.1. The molecule has 0 unspecified atom stereocenters. The van der Waals surface area contributed by atoms with Crippen molar-refractivity contribution in [3.05, 3.63) is 90.0 Å². The summed E-state index contributed by atoms with van der Waals surface area (Å²) in [7, 11) is 0.